The summed E-state index contributed by atoms with van der Waals surface area (Å²) in [6.07, 6.45) is -7.14. The molecule has 0 aliphatic rings. The van der Waals surface area contributed by atoms with E-state index >= 15 is 0 Å². The van der Waals surface area contributed by atoms with Gasteiger partial charge < -0.3 is 10.6 Å². The normalized spacial score (nSPS) is 13.9. The second-order valence-electron chi connectivity index (χ2n) is 8.23. The van der Waals surface area contributed by atoms with E-state index in [1.165, 1.54) is 39.0 Å². The van der Waals surface area contributed by atoms with E-state index in [4.69, 9.17) is 34.8 Å². The maximum absolute atomic E-state index is 13.8. The molecule has 0 heterocycles. The fraction of sp³-hybridized carbons (Fsp3) is 0.333. The van der Waals surface area contributed by atoms with Crippen LogP contribution < -0.4 is 10.6 Å². The number of amides is 2. The number of nitrogens with one attached hydrogen (secondary N) is 2. The van der Waals surface area contributed by atoms with Gasteiger partial charge in [-0.2, -0.15) is 26.3 Å². The molecule has 2 aromatic carbocycles. The predicted molar refractivity (Wildman–Crippen MR) is 131 cm³/mol. The number of alkyl halides is 6. The van der Waals surface area contributed by atoms with E-state index in [9.17, 15) is 35.9 Å². The zero-order valence-electron chi connectivity index (χ0n) is 19.5. The van der Waals surface area contributed by atoms with Gasteiger partial charge >= 0.3 is 12.4 Å². The molecular formula is C24H21Cl3F6N2O2. The fourth-order valence-electron chi connectivity index (χ4n) is 3.50. The van der Waals surface area contributed by atoms with E-state index in [2.05, 4.69) is 5.32 Å². The Bertz CT molecular complexity index is 1170. The van der Waals surface area contributed by atoms with Crippen LogP contribution in [0.1, 0.15) is 45.5 Å². The Morgan fingerprint density at radius 2 is 1.46 bits per heavy atom. The Labute approximate surface area is 224 Å². The average molecular weight is 590 g/mol. The third kappa shape index (κ3) is 8.55. The predicted octanol–water partition coefficient (Wildman–Crippen LogP) is 7.42. The standard InChI is InChI=1S/C24H21Cl3F6N2O2/c1-11-6-14(4-5-16(24(31,32)33)15-8-17(25)20(27)18(26)9-15)7-12(2)19(11)22(37)35-13(3)21(36)34-10-23(28,29)30/h4-9,13,16H,10H2,1-3H3,(H,34,36)(H,35,37). The van der Waals surface area contributed by atoms with Crippen LogP contribution in [0.3, 0.4) is 0 Å². The summed E-state index contributed by atoms with van der Waals surface area (Å²) in [5.41, 5.74) is 1.02. The lowest BCUT2D eigenvalue weighted by Gasteiger charge is -2.19. The second-order valence-corrected chi connectivity index (χ2v) is 9.43. The average Bonchev–Trinajstić information content (AvgIpc) is 2.73. The van der Waals surface area contributed by atoms with Crippen molar-refractivity contribution in [2.75, 3.05) is 6.54 Å². The summed E-state index contributed by atoms with van der Waals surface area (Å²) in [6, 6.07) is 3.81. The molecule has 13 heteroatoms. The maximum atomic E-state index is 13.8. The number of aryl methyl sites for hydroxylation is 2. The number of carbonyl (C=O) groups excluding carboxylic acids is 2. The van der Waals surface area contributed by atoms with Gasteiger partial charge in [0.1, 0.15) is 12.6 Å². The molecule has 2 unspecified atom stereocenters. The Morgan fingerprint density at radius 1 is 0.946 bits per heavy atom. The van der Waals surface area contributed by atoms with Crippen LogP contribution in [0.4, 0.5) is 26.3 Å². The van der Waals surface area contributed by atoms with Crippen molar-refractivity contribution in [1.82, 2.24) is 10.6 Å². The summed E-state index contributed by atoms with van der Waals surface area (Å²) in [4.78, 5) is 24.5. The summed E-state index contributed by atoms with van der Waals surface area (Å²) in [7, 11) is 0. The molecule has 0 aromatic heterocycles. The van der Waals surface area contributed by atoms with Gasteiger partial charge in [-0.05, 0) is 55.2 Å². The molecule has 0 fully saturated rings. The fourth-order valence-corrected chi connectivity index (χ4v) is 4.11. The molecule has 0 saturated carbocycles. The molecular weight excluding hydrogens is 569 g/mol. The van der Waals surface area contributed by atoms with Crippen LogP contribution in [0.15, 0.2) is 30.3 Å². The van der Waals surface area contributed by atoms with E-state index in [1.807, 2.05) is 0 Å². The second kappa shape index (κ2) is 12.0. The minimum atomic E-state index is -4.68. The van der Waals surface area contributed by atoms with Crippen LogP contribution in [-0.4, -0.2) is 36.8 Å². The van der Waals surface area contributed by atoms with Crippen molar-refractivity contribution >= 4 is 52.7 Å². The van der Waals surface area contributed by atoms with Gasteiger partial charge in [-0.15, -0.1) is 0 Å². The summed E-state index contributed by atoms with van der Waals surface area (Å²) in [6.45, 7) is 2.75. The molecule has 0 saturated heterocycles. The van der Waals surface area contributed by atoms with Crippen molar-refractivity contribution in [3.8, 4) is 0 Å². The van der Waals surface area contributed by atoms with Crippen molar-refractivity contribution in [1.29, 1.82) is 0 Å². The van der Waals surface area contributed by atoms with Crippen LogP contribution in [0.2, 0.25) is 15.1 Å². The quantitative estimate of drug-likeness (QED) is 0.261. The number of halogens is 9. The lowest BCUT2D eigenvalue weighted by molar-refractivity contribution is -0.139. The van der Waals surface area contributed by atoms with Gasteiger partial charge in [0.05, 0.1) is 21.0 Å². The van der Waals surface area contributed by atoms with E-state index in [1.54, 1.807) is 5.32 Å². The highest BCUT2D eigenvalue weighted by atomic mass is 35.5. The van der Waals surface area contributed by atoms with Gasteiger partial charge in [0.15, 0.2) is 0 Å². The molecule has 2 aromatic rings. The van der Waals surface area contributed by atoms with E-state index in [0.29, 0.717) is 16.7 Å². The monoisotopic (exact) mass is 588 g/mol. The van der Waals surface area contributed by atoms with Gasteiger partial charge in [0, 0.05) is 5.56 Å². The van der Waals surface area contributed by atoms with E-state index in [0.717, 1.165) is 18.2 Å². The Hall–Kier alpha value is -2.43. The highest BCUT2D eigenvalue weighted by Crippen LogP contribution is 2.41. The summed E-state index contributed by atoms with van der Waals surface area (Å²) in [5.74, 6) is -3.81. The first-order chi connectivity index (χ1) is 16.9. The summed E-state index contributed by atoms with van der Waals surface area (Å²) >= 11 is 17.6. The summed E-state index contributed by atoms with van der Waals surface area (Å²) < 4.78 is 78.2. The van der Waals surface area contributed by atoms with Crippen molar-refractivity contribution in [3.05, 3.63) is 73.2 Å². The largest absolute Gasteiger partial charge is 0.405 e. The Kier molecular flexibility index (Phi) is 9.95. The highest BCUT2D eigenvalue weighted by molar-refractivity contribution is 6.48. The molecule has 2 amide bonds. The Balaban J connectivity index is 2.27. The third-order valence-corrected chi connectivity index (χ3v) is 6.38. The van der Waals surface area contributed by atoms with E-state index in [-0.39, 0.29) is 26.2 Å². The minimum absolute atomic E-state index is 0.0655. The van der Waals surface area contributed by atoms with Gasteiger partial charge in [-0.25, -0.2) is 0 Å². The van der Waals surface area contributed by atoms with Gasteiger partial charge in [0.25, 0.3) is 5.91 Å². The number of hydrogen-bond acceptors (Lipinski definition) is 2. The van der Waals surface area contributed by atoms with Crippen molar-refractivity contribution in [2.45, 2.75) is 45.1 Å². The molecule has 0 spiro atoms. The first kappa shape index (κ1) is 30.8. The van der Waals surface area contributed by atoms with Crippen molar-refractivity contribution < 1.29 is 35.9 Å². The van der Waals surface area contributed by atoms with Crippen LogP contribution in [-0.2, 0) is 4.79 Å². The van der Waals surface area contributed by atoms with Gasteiger partial charge in [0.2, 0.25) is 5.91 Å². The molecule has 0 radical (unpaired) electrons. The topological polar surface area (TPSA) is 58.2 Å². The molecule has 37 heavy (non-hydrogen) atoms. The van der Waals surface area contributed by atoms with Crippen molar-refractivity contribution in [3.63, 3.8) is 0 Å². The Morgan fingerprint density at radius 3 is 1.92 bits per heavy atom. The number of hydrogen-bond donors (Lipinski definition) is 2. The molecule has 2 rings (SSSR count). The number of carbonyl (C=O) groups is 2. The smallest absolute Gasteiger partial charge is 0.345 e. The SMILES string of the molecule is Cc1cc(C=CC(c2cc(Cl)c(Cl)c(Cl)c2)C(F)(F)F)cc(C)c1C(=O)NC(C)C(=O)NCC(F)(F)F. The maximum Gasteiger partial charge on any atom is 0.405 e. The third-order valence-electron chi connectivity index (χ3n) is 5.19. The minimum Gasteiger partial charge on any atom is -0.345 e. The number of rotatable bonds is 7. The molecule has 0 aliphatic carbocycles. The number of benzene rings is 2. The molecule has 0 bridgehead atoms. The van der Waals surface area contributed by atoms with Gasteiger partial charge in [-0.1, -0.05) is 59.1 Å². The zero-order valence-corrected chi connectivity index (χ0v) is 21.8. The van der Waals surface area contributed by atoms with Crippen LogP contribution in [0, 0.1) is 13.8 Å². The zero-order chi connectivity index (χ0) is 28.3. The van der Waals surface area contributed by atoms with E-state index < -0.39 is 42.7 Å². The van der Waals surface area contributed by atoms with Crippen LogP contribution in [0.25, 0.3) is 6.08 Å². The van der Waals surface area contributed by atoms with Gasteiger partial charge in [-0.3, -0.25) is 9.59 Å². The van der Waals surface area contributed by atoms with Crippen LogP contribution in [0.5, 0.6) is 0 Å². The van der Waals surface area contributed by atoms with Crippen molar-refractivity contribution in [2.24, 2.45) is 0 Å². The lowest BCUT2D eigenvalue weighted by atomic mass is 9.95. The highest BCUT2D eigenvalue weighted by Gasteiger charge is 2.39. The first-order valence-corrected chi connectivity index (χ1v) is 11.7. The molecule has 2 N–H and O–H groups in total. The van der Waals surface area contributed by atoms with Crippen LogP contribution >= 0.6 is 34.8 Å². The molecule has 202 valence electrons. The molecule has 4 nitrogen and oxygen atoms in total. The molecule has 0 aliphatic heterocycles. The molecule has 2 atom stereocenters. The lowest BCUT2D eigenvalue weighted by Crippen LogP contribution is -2.47. The number of allylic oxidation sites excluding steroid dienone is 1. The summed E-state index contributed by atoms with van der Waals surface area (Å²) in [5, 5.41) is 3.67. The first-order valence-electron chi connectivity index (χ1n) is 10.6.